The van der Waals surface area contributed by atoms with Crippen LogP contribution >= 0.6 is 11.6 Å². The summed E-state index contributed by atoms with van der Waals surface area (Å²) in [6.45, 7) is 3.03. The molecule has 2 aliphatic rings. The predicted octanol–water partition coefficient (Wildman–Crippen LogP) is 4.00. The number of carbonyl (C=O) groups excluding carboxylic acids is 2. The number of carbonyl (C=O) groups is 2. The molecule has 152 valence electrons. The van der Waals surface area contributed by atoms with Crippen molar-refractivity contribution in [2.75, 3.05) is 33.3 Å². The Kier molecular flexibility index (Phi) is 7.37. The summed E-state index contributed by atoms with van der Waals surface area (Å²) in [5.74, 6) is 0.977. The molecule has 6 heteroatoms. The number of methoxy groups -OCH3 is 1. The third-order valence-electron chi connectivity index (χ3n) is 5.67. The fourth-order valence-electron chi connectivity index (χ4n) is 4.00. The number of piperidine rings is 1. The standard InChI is InChI=1S/C22H29ClN2O3/c1-28-20-8-7-19(23)16-18(20)6-9-21(26)24-14-10-17(11-15-24)22(27)25-12-4-2-3-5-13-25/h6-9,16-17H,2-5,10-15H2,1H3. The van der Waals surface area contributed by atoms with Gasteiger partial charge in [0.15, 0.2) is 0 Å². The molecule has 28 heavy (non-hydrogen) atoms. The van der Waals surface area contributed by atoms with Gasteiger partial charge in [-0.2, -0.15) is 0 Å². The molecule has 0 spiro atoms. The second-order valence-electron chi connectivity index (χ2n) is 7.56. The van der Waals surface area contributed by atoms with Crippen molar-refractivity contribution in [2.45, 2.75) is 38.5 Å². The van der Waals surface area contributed by atoms with E-state index in [1.54, 1.807) is 37.5 Å². The Bertz CT molecular complexity index is 718. The molecular weight excluding hydrogens is 376 g/mol. The Morgan fingerprint density at radius 1 is 1.04 bits per heavy atom. The highest BCUT2D eigenvalue weighted by molar-refractivity contribution is 6.30. The summed E-state index contributed by atoms with van der Waals surface area (Å²) < 4.78 is 5.31. The van der Waals surface area contributed by atoms with Gasteiger partial charge in [0.1, 0.15) is 5.75 Å². The molecule has 2 heterocycles. The summed E-state index contributed by atoms with van der Waals surface area (Å²) >= 11 is 6.04. The highest BCUT2D eigenvalue weighted by Crippen LogP contribution is 2.25. The lowest BCUT2D eigenvalue weighted by Gasteiger charge is -2.33. The minimum absolute atomic E-state index is 0.0392. The van der Waals surface area contributed by atoms with Gasteiger partial charge in [-0.25, -0.2) is 0 Å². The van der Waals surface area contributed by atoms with E-state index in [0.717, 1.165) is 44.3 Å². The van der Waals surface area contributed by atoms with E-state index >= 15 is 0 Å². The Hall–Kier alpha value is -2.01. The van der Waals surface area contributed by atoms with Gasteiger partial charge in [-0.15, -0.1) is 0 Å². The fraction of sp³-hybridized carbons (Fsp3) is 0.545. The first-order valence-corrected chi connectivity index (χ1v) is 10.6. The summed E-state index contributed by atoms with van der Waals surface area (Å²) in [6.07, 6.45) is 9.46. The molecule has 2 saturated heterocycles. The van der Waals surface area contributed by atoms with Crippen LogP contribution in [-0.2, 0) is 9.59 Å². The first-order valence-electron chi connectivity index (χ1n) is 10.2. The molecule has 5 nitrogen and oxygen atoms in total. The number of rotatable bonds is 4. The number of nitrogens with zero attached hydrogens (tertiary/aromatic N) is 2. The molecule has 0 unspecified atom stereocenters. The molecule has 0 bridgehead atoms. The number of benzene rings is 1. The zero-order valence-electron chi connectivity index (χ0n) is 16.5. The Balaban J connectivity index is 1.53. The SMILES string of the molecule is COc1ccc(Cl)cc1C=CC(=O)N1CCC(C(=O)N2CCCCCC2)CC1. The normalized spacial score (nSPS) is 18.9. The highest BCUT2D eigenvalue weighted by Gasteiger charge is 2.29. The predicted molar refractivity (Wildman–Crippen MR) is 111 cm³/mol. The maximum atomic E-state index is 12.8. The lowest BCUT2D eigenvalue weighted by atomic mass is 9.95. The van der Waals surface area contributed by atoms with Crippen molar-refractivity contribution in [3.63, 3.8) is 0 Å². The van der Waals surface area contributed by atoms with Crippen molar-refractivity contribution < 1.29 is 14.3 Å². The molecular formula is C22H29ClN2O3. The number of halogens is 1. The number of hydrogen-bond acceptors (Lipinski definition) is 3. The lowest BCUT2D eigenvalue weighted by molar-refractivity contribution is -0.139. The van der Waals surface area contributed by atoms with Gasteiger partial charge < -0.3 is 14.5 Å². The minimum Gasteiger partial charge on any atom is -0.496 e. The van der Waals surface area contributed by atoms with Crippen molar-refractivity contribution in [2.24, 2.45) is 5.92 Å². The molecule has 0 aromatic heterocycles. The van der Waals surface area contributed by atoms with Crippen LogP contribution in [0, 0.1) is 5.92 Å². The van der Waals surface area contributed by atoms with Crippen molar-refractivity contribution in [3.8, 4) is 5.75 Å². The van der Waals surface area contributed by atoms with E-state index in [0.29, 0.717) is 23.9 Å². The smallest absolute Gasteiger partial charge is 0.246 e. The summed E-state index contributed by atoms with van der Waals surface area (Å²) in [5.41, 5.74) is 0.773. The molecule has 2 amide bonds. The van der Waals surface area contributed by atoms with Crippen molar-refractivity contribution in [1.29, 1.82) is 0 Å². The van der Waals surface area contributed by atoms with Gasteiger partial charge in [-0.1, -0.05) is 24.4 Å². The average molecular weight is 405 g/mol. The third kappa shape index (κ3) is 5.28. The minimum atomic E-state index is -0.0392. The number of hydrogen-bond donors (Lipinski definition) is 0. The molecule has 2 fully saturated rings. The van der Waals surface area contributed by atoms with E-state index in [1.807, 2.05) is 9.80 Å². The second-order valence-corrected chi connectivity index (χ2v) is 8.00. The Labute approximate surface area is 172 Å². The van der Waals surface area contributed by atoms with E-state index in [2.05, 4.69) is 0 Å². The van der Waals surface area contributed by atoms with Crippen LogP contribution in [0.2, 0.25) is 5.02 Å². The topological polar surface area (TPSA) is 49.9 Å². The number of amides is 2. The number of likely N-dealkylation sites (tertiary alicyclic amines) is 2. The van der Waals surface area contributed by atoms with Crippen LogP contribution in [0.25, 0.3) is 6.08 Å². The number of ether oxygens (including phenoxy) is 1. The zero-order chi connectivity index (χ0) is 19.9. The quantitative estimate of drug-likeness (QED) is 0.712. The molecule has 0 N–H and O–H groups in total. The van der Waals surface area contributed by atoms with E-state index in [9.17, 15) is 9.59 Å². The largest absolute Gasteiger partial charge is 0.496 e. The average Bonchev–Trinajstić information content (AvgIpc) is 3.01. The van der Waals surface area contributed by atoms with Gasteiger partial charge in [-0.05, 0) is 50.0 Å². The van der Waals surface area contributed by atoms with Crippen LogP contribution in [0.15, 0.2) is 24.3 Å². The monoisotopic (exact) mass is 404 g/mol. The summed E-state index contributed by atoms with van der Waals surface area (Å²) in [4.78, 5) is 29.2. The molecule has 0 radical (unpaired) electrons. The highest BCUT2D eigenvalue weighted by atomic mass is 35.5. The molecule has 0 atom stereocenters. The summed E-state index contributed by atoms with van der Waals surface area (Å²) in [6, 6.07) is 5.31. The van der Waals surface area contributed by atoms with Gasteiger partial charge in [0, 0.05) is 48.8 Å². The van der Waals surface area contributed by atoms with Crippen molar-refractivity contribution in [1.82, 2.24) is 9.80 Å². The fourth-order valence-corrected chi connectivity index (χ4v) is 4.18. The van der Waals surface area contributed by atoms with Crippen LogP contribution in [0.3, 0.4) is 0 Å². The van der Waals surface area contributed by atoms with E-state index in [1.165, 1.54) is 12.8 Å². The van der Waals surface area contributed by atoms with Crippen LogP contribution in [-0.4, -0.2) is 54.9 Å². The molecule has 3 rings (SSSR count). The zero-order valence-corrected chi connectivity index (χ0v) is 17.3. The van der Waals surface area contributed by atoms with Crippen LogP contribution in [0.1, 0.15) is 44.1 Å². The Morgan fingerprint density at radius 3 is 2.36 bits per heavy atom. The van der Waals surface area contributed by atoms with Gasteiger partial charge in [0.05, 0.1) is 7.11 Å². The van der Waals surface area contributed by atoms with Gasteiger partial charge in [0.2, 0.25) is 11.8 Å². The van der Waals surface area contributed by atoms with Gasteiger partial charge in [0.25, 0.3) is 0 Å². The second kappa shape index (κ2) is 9.97. The maximum absolute atomic E-state index is 12.8. The van der Waals surface area contributed by atoms with Gasteiger partial charge >= 0.3 is 0 Å². The van der Waals surface area contributed by atoms with Crippen LogP contribution in [0.4, 0.5) is 0 Å². The van der Waals surface area contributed by atoms with Crippen molar-refractivity contribution in [3.05, 3.63) is 34.9 Å². The first kappa shape index (κ1) is 20.7. The molecule has 0 aliphatic carbocycles. The molecule has 1 aromatic carbocycles. The summed E-state index contributed by atoms with van der Waals surface area (Å²) in [7, 11) is 1.59. The van der Waals surface area contributed by atoms with Crippen molar-refractivity contribution >= 4 is 29.5 Å². The van der Waals surface area contributed by atoms with Crippen LogP contribution in [0.5, 0.6) is 5.75 Å². The molecule has 0 saturated carbocycles. The lowest BCUT2D eigenvalue weighted by Crippen LogP contribution is -2.44. The molecule has 2 aliphatic heterocycles. The molecule has 1 aromatic rings. The first-order chi connectivity index (χ1) is 13.6. The maximum Gasteiger partial charge on any atom is 0.246 e. The summed E-state index contributed by atoms with van der Waals surface area (Å²) in [5, 5.41) is 0.598. The Morgan fingerprint density at radius 2 is 1.71 bits per heavy atom. The van der Waals surface area contributed by atoms with Gasteiger partial charge in [-0.3, -0.25) is 9.59 Å². The van der Waals surface area contributed by atoms with E-state index in [4.69, 9.17) is 16.3 Å². The van der Waals surface area contributed by atoms with E-state index < -0.39 is 0 Å². The third-order valence-corrected chi connectivity index (χ3v) is 5.91. The van der Waals surface area contributed by atoms with Crippen LogP contribution < -0.4 is 4.74 Å². The van der Waals surface area contributed by atoms with E-state index in [-0.39, 0.29) is 17.7 Å².